The molecule has 5 heteroatoms. The highest BCUT2D eigenvalue weighted by Gasteiger charge is 2.23. The average molecular weight is 263 g/mol. The van der Waals surface area contributed by atoms with Gasteiger partial charge in [-0.3, -0.25) is 10.1 Å². The molecule has 2 N–H and O–H groups in total. The lowest BCUT2D eigenvalue weighted by Crippen LogP contribution is -2.46. The standard InChI is InChI=1S/C14H21N3O2/c1-11-10-16(9-7-13(11)15)8-6-12-4-2-3-5-14(12)17(18)19/h2-5,11,13H,6-10,15H2,1H3. The first-order chi connectivity index (χ1) is 9.08. The molecule has 2 atom stereocenters. The zero-order valence-electron chi connectivity index (χ0n) is 11.3. The van der Waals surface area contributed by atoms with Crippen LogP contribution in [0.1, 0.15) is 18.9 Å². The number of benzene rings is 1. The van der Waals surface area contributed by atoms with Gasteiger partial charge in [0.15, 0.2) is 0 Å². The quantitative estimate of drug-likeness (QED) is 0.664. The fourth-order valence-electron chi connectivity index (χ4n) is 2.63. The molecular weight excluding hydrogens is 242 g/mol. The lowest BCUT2D eigenvalue weighted by molar-refractivity contribution is -0.385. The molecule has 1 aromatic rings. The van der Waals surface area contributed by atoms with Crippen molar-refractivity contribution in [3.05, 3.63) is 39.9 Å². The smallest absolute Gasteiger partial charge is 0.272 e. The topological polar surface area (TPSA) is 72.4 Å². The number of hydrogen-bond donors (Lipinski definition) is 1. The van der Waals surface area contributed by atoms with Crippen LogP contribution in [-0.4, -0.2) is 35.5 Å². The Kier molecular flexibility index (Phi) is 4.50. The molecule has 0 amide bonds. The van der Waals surface area contributed by atoms with Crippen molar-refractivity contribution in [1.29, 1.82) is 0 Å². The molecular formula is C14H21N3O2. The monoisotopic (exact) mass is 263 g/mol. The summed E-state index contributed by atoms with van der Waals surface area (Å²) in [5.74, 6) is 0.500. The van der Waals surface area contributed by atoms with Gasteiger partial charge in [-0.05, 0) is 25.3 Å². The number of nitrogens with two attached hydrogens (primary N) is 1. The number of nitro benzene ring substituents is 1. The molecule has 0 bridgehead atoms. The van der Waals surface area contributed by atoms with Crippen LogP contribution in [0.3, 0.4) is 0 Å². The summed E-state index contributed by atoms with van der Waals surface area (Å²) < 4.78 is 0. The van der Waals surface area contributed by atoms with Gasteiger partial charge in [0.05, 0.1) is 4.92 Å². The summed E-state index contributed by atoms with van der Waals surface area (Å²) in [6, 6.07) is 7.28. The highest BCUT2D eigenvalue weighted by Crippen LogP contribution is 2.20. The van der Waals surface area contributed by atoms with E-state index in [1.807, 2.05) is 12.1 Å². The van der Waals surface area contributed by atoms with Crippen molar-refractivity contribution in [3.8, 4) is 0 Å². The van der Waals surface area contributed by atoms with Crippen LogP contribution in [0.4, 0.5) is 5.69 Å². The first-order valence-corrected chi connectivity index (χ1v) is 6.78. The molecule has 1 heterocycles. The summed E-state index contributed by atoms with van der Waals surface area (Å²) in [5, 5.41) is 10.9. The van der Waals surface area contributed by atoms with Crippen LogP contribution in [-0.2, 0) is 6.42 Å². The molecule has 0 spiro atoms. The van der Waals surface area contributed by atoms with E-state index < -0.39 is 0 Å². The van der Waals surface area contributed by atoms with Crippen LogP contribution in [0, 0.1) is 16.0 Å². The largest absolute Gasteiger partial charge is 0.327 e. The van der Waals surface area contributed by atoms with Crippen molar-refractivity contribution >= 4 is 5.69 Å². The van der Waals surface area contributed by atoms with Gasteiger partial charge in [0.1, 0.15) is 0 Å². The number of likely N-dealkylation sites (tertiary alicyclic amines) is 1. The Hall–Kier alpha value is -1.46. The zero-order chi connectivity index (χ0) is 13.8. The summed E-state index contributed by atoms with van der Waals surface area (Å²) in [4.78, 5) is 13.0. The Morgan fingerprint density at radius 2 is 2.21 bits per heavy atom. The maximum atomic E-state index is 10.9. The minimum Gasteiger partial charge on any atom is -0.327 e. The SMILES string of the molecule is CC1CN(CCc2ccccc2[N+](=O)[O-])CCC1N. The van der Waals surface area contributed by atoms with Crippen molar-refractivity contribution in [2.24, 2.45) is 11.7 Å². The highest BCUT2D eigenvalue weighted by atomic mass is 16.6. The maximum absolute atomic E-state index is 10.9. The number of rotatable bonds is 4. The Labute approximate surface area is 113 Å². The van der Waals surface area contributed by atoms with Gasteiger partial charge in [0, 0.05) is 30.8 Å². The second-order valence-electron chi connectivity index (χ2n) is 5.37. The van der Waals surface area contributed by atoms with Gasteiger partial charge in [0.25, 0.3) is 5.69 Å². The van der Waals surface area contributed by atoms with Crippen LogP contribution in [0.5, 0.6) is 0 Å². The molecule has 2 rings (SSSR count). The lowest BCUT2D eigenvalue weighted by Gasteiger charge is -2.35. The third-order valence-electron chi connectivity index (χ3n) is 3.94. The van der Waals surface area contributed by atoms with Gasteiger partial charge in [-0.1, -0.05) is 25.1 Å². The summed E-state index contributed by atoms with van der Waals surface area (Å²) >= 11 is 0. The molecule has 1 aliphatic rings. The molecule has 0 radical (unpaired) electrons. The average Bonchev–Trinajstić information content (AvgIpc) is 2.40. The molecule has 19 heavy (non-hydrogen) atoms. The summed E-state index contributed by atoms with van der Waals surface area (Å²) in [7, 11) is 0. The van der Waals surface area contributed by atoms with E-state index in [0.717, 1.165) is 38.0 Å². The fourth-order valence-corrected chi connectivity index (χ4v) is 2.63. The summed E-state index contributed by atoms with van der Waals surface area (Å²) in [6.07, 6.45) is 1.73. The van der Waals surface area contributed by atoms with Crippen molar-refractivity contribution in [2.45, 2.75) is 25.8 Å². The van der Waals surface area contributed by atoms with Crippen molar-refractivity contribution in [1.82, 2.24) is 4.90 Å². The van der Waals surface area contributed by atoms with Gasteiger partial charge in [-0.15, -0.1) is 0 Å². The first-order valence-electron chi connectivity index (χ1n) is 6.78. The van der Waals surface area contributed by atoms with E-state index in [0.29, 0.717) is 12.0 Å². The minimum atomic E-state index is -0.302. The first kappa shape index (κ1) is 14.0. The predicted octanol–water partition coefficient (Wildman–Crippen LogP) is 1.81. The molecule has 0 aliphatic carbocycles. The molecule has 0 aromatic heterocycles. The van der Waals surface area contributed by atoms with E-state index in [1.165, 1.54) is 0 Å². The van der Waals surface area contributed by atoms with Crippen molar-refractivity contribution in [2.75, 3.05) is 19.6 Å². The Balaban J connectivity index is 1.94. The Bertz CT molecular complexity index is 450. The Morgan fingerprint density at radius 3 is 2.89 bits per heavy atom. The Morgan fingerprint density at radius 1 is 1.47 bits per heavy atom. The van der Waals surface area contributed by atoms with Crippen LogP contribution in [0.25, 0.3) is 0 Å². The number of para-hydroxylation sites is 1. The third-order valence-corrected chi connectivity index (χ3v) is 3.94. The molecule has 1 aliphatic heterocycles. The number of hydrogen-bond acceptors (Lipinski definition) is 4. The van der Waals surface area contributed by atoms with Crippen molar-refractivity contribution in [3.63, 3.8) is 0 Å². The van der Waals surface area contributed by atoms with E-state index in [9.17, 15) is 10.1 Å². The molecule has 1 fully saturated rings. The number of nitrogens with zero attached hydrogens (tertiary/aromatic N) is 2. The maximum Gasteiger partial charge on any atom is 0.272 e. The molecule has 0 saturated carbocycles. The van der Waals surface area contributed by atoms with Gasteiger partial charge < -0.3 is 10.6 Å². The molecule has 1 saturated heterocycles. The highest BCUT2D eigenvalue weighted by molar-refractivity contribution is 5.39. The molecule has 1 aromatic carbocycles. The van der Waals surface area contributed by atoms with Gasteiger partial charge in [0.2, 0.25) is 0 Å². The van der Waals surface area contributed by atoms with Crippen LogP contribution < -0.4 is 5.73 Å². The van der Waals surface area contributed by atoms with Crippen LogP contribution >= 0.6 is 0 Å². The summed E-state index contributed by atoms with van der Waals surface area (Å²) in [5.41, 5.74) is 7.04. The molecule has 2 unspecified atom stereocenters. The van der Waals surface area contributed by atoms with E-state index >= 15 is 0 Å². The second kappa shape index (κ2) is 6.12. The minimum absolute atomic E-state index is 0.226. The normalized spacial score (nSPS) is 24.3. The van der Waals surface area contributed by atoms with E-state index in [-0.39, 0.29) is 10.6 Å². The van der Waals surface area contributed by atoms with Crippen molar-refractivity contribution < 1.29 is 4.92 Å². The second-order valence-corrected chi connectivity index (χ2v) is 5.37. The number of piperidine rings is 1. The van der Waals surface area contributed by atoms with Crippen LogP contribution in [0.2, 0.25) is 0 Å². The fraction of sp³-hybridized carbons (Fsp3) is 0.571. The lowest BCUT2D eigenvalue weighted by atomic mass is 9.94. The van der Waals surface area contributed by atoms with Gasteiger partial charge in [-0.2, -0.15) is 0 Å². The van der Waals surface area contributed by atoms with Gasteiger partial charge >= 0.3 is 0 Å². The molecule has 104 valence electrons. The van der Waals surface area contributed by atoms with E-state index in [1.54, 1.807) is 12.1 Å². The van der Waals surface area contributed by atoms with E-state index in [2.05, 4.69) is 11.8 Å². The van der Waals surface area contributed by atoms with Crippen LogP contribution in [0.15, 0.2) is 24.3 Å². The zero-order valence-corrected chi connectivity index (χ0v) is 11.3. The third kappa shape index (κ3) is 3.52. The predicted molar refractivity (Wildman–Crippen MR) is 75.0 cm³/mol. The number of nitro groups is 1. The molecule has 5 nitrogen and oxygen atoms in total. The van der Waals surface area contributed by atoms with E-state index in [4.69, 9.17) is 5.73 Å². The van der Waals surface area contributed by atoms with Gasteiger partial charge in [-0.25, -0.2) is 0 Å². The summed E-state index contributed by atoms with van der Waals surface area (Å²) in [6.45, 7) is 5.01.